The number of allylic oxidation sites excluding steroid dienone is 1. The zero-order chi connectivity index (χ0) is 25.4. The van der Waals surface area contributed by atoms with Crippen LogP contribution < -0.4 is 24.3 Å². The van der Waals surface area contributed by atoms with Gasteiger partial charge in [-0.1, -0.05) is 24.3 Å². The van der Waals surface area contributed by atoms with Gasteiger partial charge in [-0.25, -0.2) is 0 Å². The molecule has 0 aromatic heterocycles. The number of nitrogens with one attached hydrogen (secondary N) is 1. The van der Waals surface area contributed by atoms with Gasteiger partial charge in [-0.3, -0.25) is 4.79 Å². The van der Waals surface area contributed by atoms with E-state index < -0.39 is 0 Å². The largest absolute Gasteiger partial charge is 0.508 e. The third-order valence-electron chi connectivity index (χ3n) is 5.06. The molecule has 0 saturated carbocycles. The second kappa shape index (κ2) is 11.5. The summed E-state index contributed by atoms with van der Waals surface area (Å²) in [7, 11) is 6.07. The number of aromatic hydroxyl groups is 2. The van der Waals surface area contributed by atoms with Gasteiger partial charge in [0.1, 0.15) is 5.75 Å². The summed E-state index contributed by atoms with van der Waals surface area (Å²) in [5, 5.41) is 23.0. The number of rotatable bonds is 10. The summed E-state index contributed by atoms with van der Waals surface area (Å²) in [6.45, 7) is 0. The Morgan fingerprint density at radius 3 is 2.00 bits per heavy atom. The van der Waals surface area contributed by atoms with Crippen LogP contribution in [0.2, 0.25) is 0 Å². The van der Waals surface area contributed by atoms with Crippen molar-refractivity contribution in [3.63, 3.8) is 0 Å². The summed E-state index contributed by atoms with van der Waals surface area (Å²) >= 11 is 0. The van der Waals surface area contributed by atoms with Gasteiger partial charge >= 0.3 is 0 Å². The Balaban J connectivity index is 1.85. The number of anilines is 1. The van der Waals surface area contributed by atoms with Crippen molar-refractivity contribution in [2.45, 2.75) is 0 Å². The van der Waals surface area contributed by atoms with Crippen LogP contribution in [0.15, 0.2) is 60.8 Å². The number of carbonyl (C=O) groups is 1. The average molecular weight is 478 g/mol. The highest BCUT2D eigenvalue weighted by Crippen LogP contribution is 2.39. The highest BCUT2D eigenvalue weighted by atomic mass is 16.5. The fourth-order valence-electron chi connectivity index (χ4n) is 3.41. The van der Waals surface area contributed by atoms with Crippen LogP contribution in [0.3, 0.4) is 0 Å². The highest BCUT2D eigenvalue weighted by molar-refractivity contribution is 6.04. The van der Waals surface area contributed by atoms with Crippen LogP contribution >= 0.6 is 0 Å². The molecule has 0 spiro atoms. The molecule has 0 radical (unpaired) electrons. The Morgan fingerprint density at radius 2 is 1.43 bits per heavy atom. The molecule has 8 heteroatoms. The number of benzene rings is 3. The number of phenolic OH excluding ortho intramolecular Hbond substituents is 2. The summed E-state index contributed by atoms with van der Waals surface area (Å²) in [4.78, 5) is 12.3. The van der Waals surface area contributed by atoms with Crippen LogP contribution in [0, 0.1) is 0 Å². The molecule has 0 saturated heterocycles. The van der Waals surface area contributed by atoms with Crippen molar-refractivity contribution in [3.05, 3.63) is 77.5 Å². The van der Waals surface area contributed by atoms with Gasteiger partial charge in [0.25, 0.3) is 0 Å². The lowest BCUT2D eigenvalue weighted by Crippen LogP contribution is -1.98. The zero-order valence-electron chi connectivity index (χ0n) is 19.9. The Bertz CT molecular complexity index is 1240. The minimum Gasteiger partial charge on any atom is -0.508 e. The van der Waals surface area contributed by atoms with E-state index >= 15 is 0 Å². The molecular formula is C27H27NO7. The molecule has 0 unspecified atom stereocenters. The summed E-state index contributed by atoms with van der Waals surface area (Å²) in [6.07, 6.45) is 6.39. The maximum absolute atomic E-state index is 12.3. The van der Waals surface area contributed by atoms with Crippen LogP contribution in [0.25, 0.3) is 12.2 Å². The second-order valence-electron chi connectivity index (χ2n) is 7.31. The first-order chi connectivity index (χ1) is 16.9. The molecule has 0 aliphatic carbocycles. The number of methoxy groups -OCH3 is 4. The van der Waals surface area contributed by atoms with Gasteiger partial charge in [0, 0.05) is 17.8 Å². The number of hydrogen-bond acceptors (Lipinski definition) is 8. The standard InChI is InChI=1S/C27H27NO7/c1-32-24-14-18(15-25(33-2)27(24)35-4)9-8-17-12-21(26(34-3)23(31)13-17)28-11-10-22(30)19-6-5-7-20(29)16-19/h5-16,28-29,31H,1-4H3/b9-8-,11-10-. The normalized spacial score (nSPS) is 11.0. The van der Waals surface area contributed by atoms with Crippen molar-refractivity contribution in [1.29, 1.82) is 0 Å². The first kappa shape index (κ1) is 25.0. The molecule has 3 aromatic carbocycles. The fourth-order valence-corrected chi connectivity index (χ4v) is 3.41. The molecule has 8 nitrogen and oxygen atoms in total. The van der Waals surface area contributed by atoms with E-state index in [1.54, 1.807) is 56.7 Å². The molecule has 3 N–H and O–H groups in total. The molecular weight excluding hydrogens is 450 g/mol. The number of phenols is 2. The van der Waals surface area contributed by atoms with Crippen molar-refractivity contribution in [2.24, 2.45) is 0 Å². The zero-order valence-corrected chi connectivity index (χ0v) is 19.9. The first-order valence-corrected chi connectivity index (χ1v) is 10.6. The summed E-state index contributed by atoms with van der Waals surface area (Å²) in [6, 6.07) is 13.0. The highest BCUT2D eigenvalue weighted by Gasteiger charge is 2.13. The van der Waals surface area contributed by atoms with Crippen molar-refractivity contribution in [3.8, 4) is 34.5 Å². The number of hydrogen-bond donors (Lipinski definition) is 3. The summed E-state index contributed by atoms with van der Waals surface area (Å²) in [5.41, 5.74) is 2.27. The molecule has 182 valence electrons. The quantitative estimate of drug-likeness (QED) is 0.210. The lowest BCUT2D eigenvalue weighted by molar-refractivity contribution is 0.104. The Morgan fingerprint density at radius 1 is 0.800 bits per heavy atom. The molecule has 0 fully saturated rings. The average Bonchev–Trinajstić information content (AvgIpc) is 2.86. The van der Waals surface area contributed by atoms with Crippen LogP contribution in [-0.2, 0) is 0 Å². The molecule has 35 heavy (non-hydrogen) atoms. The summed E-state index contributed by atoms with van der Waals surface area (Å²) in [5.74, 6) is 1.40. The summed E-state index contributed by atoms with van der Waals surface area (Å²) < 4.78 is 21.4. The third-order valence-corrected chi connectivity index (χ3v) is 5.06. The fraction of sp³-hybridized carbons (Fsp3) is 0.148. The topological polar surface area (TPSA) is 106 Å². The first-order valence-electron chi connectivity index (χ1n) is 10.6. The predicted molar refractivity (Wildman–Crippen MR) is 135 cm³/mol. The molecule has 0 atom stereocenters. The number of carbonyl (C=O) groups excluding carboxylic acids is 1. The SMILES string of the molecule is COc1cc(/C=C\c2cc(O)c(OC)c(N/C=C\C(=O)c3cccc(O)c3)c2)cc(OC)c1OC. The van der Waals surface area contributed by atoms with E-state index in [0.29, 0.717) is 34.1 Å². The van der Waals surface area contributed by atoms with Crippen molar-refractivity contribution in [1.82, 2.24) is 0 Å². The predicted octanol–water partition coefficient (Wildman–Crippen LogP) is 5.11. The van der Waals surface area contributed by atoms with Crippen molar-refractivity contribution >= 4 is 23.6 Å². The van der Waals surface area contributed by atoms with Crippen molar-refractivity contribution in [2.75, 3.05) is 33.8 Å². The molecule has 0 heterocycles. The van der Waals surface area contributed by atoms with E-state index in [2.05, 4.69) is 5.32 Å². The van der Waals surface area contributed by atoms with Gasteiger partial charge in [0.05, 0.1) is 34.1 Å². The van der Waals surface area contributed by atoms with Crippen LogP contribution in [-0.4, -0.2) is 44.4 Å². The van der Waals surface area contributed by atoms with Gasteiger partial charge in [-0.05, 0) is 47.5 Å². The Hall–Kier alpha value is -4.59. The van der Waals surface area contributed by atoms with E-state index in [-0.39, 0.29) is 23.0 Å². The minimum absolute atomic E-state index is 0.00962. The van der Waals surface area contributed by atoms with E-state index in [9.17, 15) is 15.0 Å². The molecule has 3 aromatic rings. The van der Waals surface area contributed by atoms with Gasteiger partial charge in [0.2, 0.25) is 5.75 Å². The van der Waals surface area contributed by atoms with Gasteiger partial charge < -0.3 is 34.5 Å². The van der Waals surface area contributed by atoms with Crippen LogP contribution in [0.1, 0.15) is 21.5 Å². The maximum atomic E-state index is 12.3. The second-order valence-corrected chi connectivity index (χ2v) is 7.31. The number of ketones is 1. The smallest absolute Gasteiger partial charge is 0.203 e. The molecule has 0 bridgehead atoms. The van der Waals surface area contributed by atoms with Gasteiger partial charge in [0.15, 0.2) is 28.8 Å². The number of ether oxygens (including phenoxy) is 4. The Kier molecular flexibility index (Phi) is 8.24. The molecule has 3 rings (SSSR count). The Labute approximate surface area is 203 Å². The molecule has 0 aliphatic heterocycles. The third kappa shape index (κ3) is 6.05. The minimum atomic E-state index is -0.296. The lowest BCUT2D eigenvalue weighted by Gasteiger charge is -2.13. The van der Waals surface area contributed by atoms with Gasteiger partial charge in [-0.15, -0.1) is 0 Å². The maximum Gasteiger partial charge on any atom is 0.203 e. The van der Waals surface area contributed by atoms with E-state index in [1.807, 2.05) is 6.08 Å². The van der Waals surface area contributed by atoms with Crippen molar-refractivity contribution < 1.29 is 34.0 Å². The van der Waals surface area contributed by atoms with E-state index in [0.717, 1.165) is 5.56 Å². The monoisotopic (exact) mass is 477 g/mol. The van der Waals surface area contributed by atoms with Crippen LogP contribution in [0.4, 0.5) is 5.69 Å². The van der Waals surface area contributed by atoms with E-state index in [4.69, 9.17) is 18.9 Å². The molecule has 0 aliphatic rings. The molecule has 0 amide bonds. The van der Waals surface area contributed by atoms with Crippen LogP contribution in [0.5, 0.6) is 34.5 Å². The lowest BCUT2D eigenvalue weighted by atomic mass is 10.1. The van der Waals surface area contributed by atoms with E-state index in [1.165, 1.54) is 38.6 Å². The van der Waals surface area contributed by atoms with Gasteiger partial charge in [-0.2, -0.15) is 0 Å².